The Morgan fingerprint density at radius 3 is 1.65 bits per heavy atom. The van der Waals surface area contributed by atoms with Gasteiger partial charge in [-0.25, -0.2) is 9.97 Å². The van der Waals surface area contributed by atoms with Gasteiger partial charge in [-0.3, -0.25) is 0 Å². The molecule has 0 fully saturated rings. The van der Waals surface area contributed by atoms with Crippen LogP contribution in [-0.2, 0) is 0 Å². The van der Waals surface area contributed by atoms with Gasteiger partial charge in [-0.1, -0.05) is 121 Å². The van der Waals surface area contributed by atoms with E-state index in [1.807, 2.05) is 18.2 Å². The maximum absolute atomic E-state index is 6.52. The van der Waals surface area contributed by atoms with E-state index in [9.17, 15) is 0 Å². The minimum atomic E-state index is 0.907. The summed E-state index contributed by atoms with van der Waals surface area (Å²) in [6, 6.07) is 56.0. The first-order chi connectivity index (χ1) is 24.3. The molecule has 0 aliphatic heterocycles. The van der Waals surface area contributed by atoms with Gasteiger partial charge in [-0.05, 0) is 79.5 Å². The highest BCUT2D eigenvalue weighted by atomic mass is 16.3. The molecule has 0 saturated heterocycles. The third kappa shape index (κ3) is 3.90. The molecule has 11 rings (SSSR count). The van der Waals surface area contributed by atoms with E-state index in [0.29, 0.717) is 0 Å². The first-order valence-corrected chi connectivity index (χ1v) is 16.7. The minimum Gasteiger partial charge on any atom is -0.456 e. The molecule has 0 N–H and O–H groups in total. The number of aromatic nitrogens is 2. The van der Waals surface area contributed by atoms with Crippen molar-refractivity contribution in [3.8, 4) is 22.5 Å². The predicted octanol–water partition coefficient (Wildman–Crippen LogP) is 12.6. The quantitative estimate of drug-likeness (QED) is 0.180. The second kappa shape index (κ2) is 9.96. The van der Waals surface area contributed by atoms with Crippen molar-refractivity contribution >= 4 is 86.8 Å². The van der Waals surface area contributed by atoms with Crippen LogP contribution in [0, 0.1) is 0 Å². The van der Waals surface area contributed by atoms with Crippen LogP contribution >= 0.6 is 0 Å². The van der Waals surface area contributed by atoms with Crippen LogP contribution in [-0.4, -0.2) is 9.97 Å². The molecule has 11 aromatic rings. The number of rotatable bonds is 2. The Morgan fingerprint density at radius 2 is 0.898 bits per heavy atom. The highest BCUT2D eigenvalue weighted by Gasteiger charge is 2.16. The van der Waals surface area contributed by atoms with Crippen LogP contribution in [0.3, 0.4) is 0 Å². The normalized spacial score (nSPS) is 12.1. The van der Waals surface area contributed by atoms with Gasteiger partial charge in [0.1, 0.15) is 11.2 Å². The van der Waals surface area contributed by atoms with Crippen molar-refractivity contribution in [3.05, 3.63) is 158 Å². The van der Waals surface area contributed by atoms with Crippen molar-refractivity contribution in [1.29, 1.82) is 0 Å². The second-order valence-electron chi connectivity index (χ2n) is 12.9. The molecule has 0 aliphatic carbocycles. The second-order valence-corrected chi connectivity index (χ2v) is 12.9. The monoisotopic (exact) mass is 622 g/mol. The van der Waals surface area contributed by atoms with Crippen molar-refractivity contribution in [2.45, 2.75) is 0 Å². The van der Waals surface area contributed by atoms with E-state index in [2.05, 4.69) is 140 Å². The number of furan rings is 1. The van der Waals surface area contributed by atoms with Gasteiger partial charge in [0.2, 0.25) is 0 Å². The molecule has 0 spiro atoms. The fourth-order valence-electron chi connectivity index (χ4n) is 7.85. The predicted molar refractivity (Wildman–Crippen MR) is 205 cm³/mol. The van der Waals surface area contributed by atoms with Crippen LogP contribution in [0.1, 0.15) is 0 Å². The van der Waals surface area contributed by atoms with Crippen molar-refractivity contribution in [2.24, 2.45) is 0 Å². The first kappa shape index (κ1) is 26.5. The Bertz CT molecular complexity index is 3160. The fourth-order valence-corrected chi connectivity index (χ4v) is 7.85. The molecule has 0 atom stereocenters. The maximum Gasteiger partial charge on any atom is 0.136 e. The summed E-state index contributed by atoms with van der Waals surface area (Å²) in [5.74, 6) is 0. The van der Waals surface area contributed by atoms with Gasteiger partial charge in [0, 0.05) is 32.7 Å². The molecular formula is C46H26N2O. The molecule has 226 valence electrons. The Labute approximate surface area is 280 Å². The molecule has 3 heterocycles. The molecule has 0 amide bonds. The van der Waals surface area contributed by atoms with Crippen LogP contribution in [0.4, 0.5) is 0 Å². The molecule has 0 radical (unpaired) electrons. The van der Waals surface area contributed by atoms with Gasteiger partial charge in [-0.2, -0.15) is 0 Å². The number of hydrogen-bond acceptors (Lipinski definition) is 3. The van der Waals surface area contributed by atoms with Crippen molar-refractivity contribution in [1.82, 2.24) is 9.97 Å². The Kier molecular flexibility index (Phi) is 5.38. The standard InChI is InChI=1S/C46H26N2O/c1-2-9-28(10-3-1)40-21-17-29-14-15-30-18-22-41(48-46(30)45(29)47-40)31-16-20-35-36(24-31)33-12-6-7-13-34(33)37-25-39-43(26-38(35)37)49-42-23-19-27-8-4-5-11-32(27)44(39)42/h1-26H. The van der Waals surface area contributed by atoms with Gasteiger partial charge in [0.15, 0.2) is 0 Å². The lowest BCUT2D eigenvalue weighted by molar-refractivity contribution is 0.670. The summed E-state index contributed by atoms with van der Waals surface area (Å²) in [5, 5.41) is 14.2. The molecule has 0 saturated carbocycles. The number of pyridine rings is 2. The zero-order valence-electron chi connectivity index (χ0n) is 26.3. The molecule has 3 nitrogen and oxygen atoms in total. The summed E-state index contributed by atoms with van der Waals surface area (Å²) in [6.45, 7) is 0. The van der Waals surface area contributed by atoms with Gasteiger partial charge >= 0.3 is 0 Å². The Balaban J connectivity index is 1.15. The summed E-state index contributed by atoms with van der Waals surface area (Å²) < 4.78 is 6.52. The molecule has 0 aliphatic rings. The summed E-state index contributed by atoms with van der Waals surface area (Å²) >= 11 is 0. The first-order valence-electron chi connectivity index (χ1n) is 16.7. The van der Waals surface area contributed by atoms with Crippen molar-refractivity contribution < 1.29 is 4.42 Å². The lowest BCUT2D eigenvalue weighted by Crippen LogP contribution is -1.91. The Hall–Kier alpha value is -6.58. The van der Waals surface area contributed by atoms with Crippen LogP contribution < -0.4 is 0 Å². The molecule has 49 heavy (non-hydrogen) atoms. The summed E-state index contributed by atoms with van der Waals surface area (Å²) in [5.41, 5.74) is 7.70. The summed E-state index contributed by atoms with van der Waals surface area (Å²) in [6.07, 6.45) is 0. The third-order valence-corrected chi connectivity index (χ3v) is 10.2. The van der Waals surface area contributed by atoms with Gasteiger partial charge in [-0.15, -0.1) is 0 Å². The number of hydrogen-bond donors (Lipinski definition) is 0. The molecular weight excluding hydrogens is 597 g/mol. The SMILES string of the molecule is c1ccc(-c2ccc3ccc4ccc(-c5ccc6c(c5)c5ccccc5c5cc7c(cc65)oc5ccc6ccccc6c57)nc4c3n2)cc1. The minimum absolute atomic E-state index is 0.907. The van der Waals surface area contributed by atoms with Crippen molar-refractivity contribution in [2.75, 3.05) is 0 Å². The van der Waals surface area contributed by atoms with E-state index in [-0.39, 0.29) is 0 Å². The van der Waals surface area contributed by atoms with Gasteiger partial charge < -0.3 is 4.42 Å². The summed E-state index contributed by atoms with van der Waals surface area (Å²) in [7, 11) is 0. The van der Waals surface area contributed by atoms with E-state index in [0.717, 1.165) is 60.9 Å². The average Bonchev–Trinajstić information content (AvgIpc) is 3.55. The van der Waals surface area contributed by atoms with Crippen molar-refractivity contribution in [3.63, 3.8) is 0 Å². The molecule has 3 heteroatoms. The topological polar surface area (TPSA) is 38.9 Å². The number of benzene rings is 8. The lowest BCUT2D eigenvalue weighted by Gasteiger charge is -2.13. The lowest BCUT2D eigenvalue weighted by atomic mass is 9.91. The van der Waals surface area contributed by atoms with E-state index in [1.54, 1.807) is 0 Å². The molecule has 0 unspecified atom stereocenters. The van der Waals surface area contributed by atoms with Gasteiger partial charge in [0.05, 0.1) is 22.4 Å². The van der Waals surface area contributed by atoms with E-state index >= 15 is 0 Å². The molecule has 8 aromatic carbocycles. The smallest absolute Gasteiger partial charge is 0.136 e. The van der Waals surface area contributed by atoms with Crippen LogP contribution in [0.2, 0.25) is 0 Å². The zero-order chi connectivity index (χ0) is 32.1. The maximum atomic E-state index is 6.52. The van der Waals surface area contributed by atoms with E-state index in [1.165, 1.54) is 48.5 Å². The number of nitrogens with zero attached hydrogens (tertiary/aromatic N) is 2. The summed E-state index contributed by atoms with van der Waals surface area (Å²) in [4.78, 5) is 10.4. The Morgan fingerprint density at radius 1 is 0.327 bits per heavy atom. The fraction of sp³-hybridized carbons (Fsp3) is 0. The highest BCUT2D eigenvalue weighted by Crippen LogP contribution is 2.42. The highest BCUT2D eigenvalue weighted by molar-refractivity contribution is 6.30. The van der Waals surface area contributed by atoms with Crippen LogP contribution in [0.5, 0.6) is 0 Å². The van der Waals surface area contributed by atoms with Crippen LogP contribution in [0.25, 0.3) is 109 Å². The molecule has 0 bridgehead atoms. The molecule has 3 aromatic heterocycles. The average molecular weight is 623 g/mol. The van der Waals surface area contributed by atoms with E-state index in [4.69, 9.17) is 14.4 Å². The zero-order valence-corrected chi connectivity index (χ0v) is 26.3. The van der Waals surface area contributed by atoms with E-state index < -0.39 is 0 Å². The largest absolute Gasteiger partial charge is 0.456 e. The number of fused-ring (bicyclic) bond motifs is 14. The van der Waals surface area contributed by atoms with Gasteiger partial charge in [0.25, 0.3) is 0 Å². The third-order valence-electron chi connectivity index (χ3n) is 10.2. The van der Waals surface area contributed by atoms with Crippen LogP contribution in [0.15, 0.2) is 162 Å².